The molecule has 2 nitrogen and oxygen atoms in total. The predicted octanol–water partition coefficient (Wildman–Crippen LogP) is -1.30. The van der Waals surface area contributed by atoms with Crippen LogP contribution in [0.15, 0.2) is 0 Å². The molecular formula is C8H15NaO2S. The average Bonchev–Trinajstić information content (AvgIpc) is 2.64. The molecule has 0 aliphatic heterocycles. The van der Waals surface area contributed by atoms with E-state index in [1.54, 1.807) is 0 Å². The Kier molecular flexibility index (Phi) is 5.58. The van der Waals surface area contributed by atoms with Gasteiger partial charge in [-0.25, -0.2) is 0 Å². The zero-order chi connectivity index (χ0) is 8.48. The van der Waals surface area contributed by atoms with E-state index in [2.05, 4.69) is 13.8 Å². The van der Waals surface area contributed by atoms with Crippen molar-refractivity contribution in [2.45, 2.75) is 33.1 Å². The predicted molar refractivity (Wildman–Crippen MR) is 44.9 cm³/mol. The maximum Gasteiger partial charge on any atom is 1.00 e. The van der Waals surface area contributed by atoms with Crippen molar-refractivity contribution in [2.75, 3.05) is 5.75 Å². The van der Waals surface area contributed by atoms with Crippen LogP contribution in [0.25, 0.3) is 0 Å². The molecule has 0 amide bonds. The minimum Gasteiger partial charge on any atom is -0.772 e. The van der Waals surface area contributed by atoms with E-state index in [1.165, 1.54) is 12.8 Å². The molecule has 0 bridgehead atoms. The van der Waals surface area contributed by atoms with Gasteiger partial charge in [0, 0.05) is 5.75 Å². The van der Waals surface area contributed by atoms with Crippen molar-refractivity contribution in [3.05, 3.63) is 0 Å². The first-order valence-corrected chi connectivity index (χ1v) is 5.32. The van der Waals surface area contributed by atoms with Crippen LogP contribution in [0.2, 0.25) is 0 Å². The zero-order valence-electron chi connectivity index (χ0n) is 8.13. The molecule has 0 N–H and O–H groups in total. The topological polar surface area (TPSA) is 40.1 Å². The van der Waals surface area contributed by atoms with Crippen LogP contribution in [0.5, 0.6) is 0 Å². The van der Waals surface area contributed by atoms with Crippen LogP contribution in [0.4, 0.5) is 0 Å². The molecule has 66 valence electrons. The summed E-state index contributed by atoms with van der Waals surface area (Å²) in [5, 5.41) is 0. The Bertz CT molecular complexity index is 166. The van der Waals surface area contributed by atoms with Crippen LogP contribution in [0, 0.1) is 11.3 Å². The second-order valence-electron chi connectivity index (χ2n) is 4.02. The van der Waals surface area contributed by atoms with Crippen molar-refractivity contribution in [1.29, 1.82) is 0 Å². The van der Waals surface area contributed by atoms with Gasteiger partial charge in [0.2, 0.25) is 0 Å². The molecule has 1 atom stereocenters. The Morgan fingerprint density at radius 1 is 1.50 bits per heavy atom. The van der Waals surface area contributed by atoms with Gasteiger partial charge in [-0.3, -0.25) is 4.21 Å². The Balaban J connectivity index is 0.00000121. The van der Waals surface area contributed by atoms with Crippen LogP contribution in [0.1, 0.15) is 33.1 Å². The minimum absolute atomic E-state index is 0. The van der Waals surface area contributed by atoms with E-state index in [0.29, 0.717) is 5.75 Å². The fraction of sp³-hybridized carbons (Fsp3) is 1.00. The first-order valence-electron chi connectivity index (χ1n) is 4.08. The molecule has 1 fully saturated rings. The summed E-state index contributed by atoms with van der Waals surface area (Å²) in [5.74, 6) is 1.11. The summed E-state index contributed by atoms with van der Waals surface area (Å²) < 4.78 is 20.6. The minimum atomic E-state index is -1.85. The molecule has 0 aromatic carbocycles. The second kappa shape index (κ2) is 5.11. The van der Waals surface area contributed by atoms with E-state index in [9.17, 15) is 8.76 Å². The third kappa shape index (κ3) is 4.38. The molecular weight excluding hydrogens is 183 g/mol. The van der Waals surface area contributed by atoms with Gasteiger partial charge < -0.3 is 4.55 Å². The largest absolute Gasteiger partial charge is 1.00 e. The summed E-state index contributed by atoms with van der Waals surface area (Å²) in [6.45, 7) is 4.33. The molecule has 0 aromatic heterocycles. The Morgan fingerprint density at radius 3 is 2.33 bits per heavy atom. The Labute approximate surface area is 99.1 Å². The number of hydrogen-bond acceptors (Lipinski definition) is 2. The second-order valence-corrected chi connectivity index (χ2v) is 5.04. The van der Waals surface area contributed by atoms with Crippen molar-refractivity contribution in [3.63, 3.8) is 0 Å². The van der Waals surface area contributed by atoms with E-state index in [0.717, 1.165) is 12.3 Å². The average molecular weight is 198 g/mol. The molecule has 4 heteroatoms. The van der Waals surface area contributed by atoms with E-state index in [-0.39, 0.29) is 35.0 Å². The fourth-order valence-electron chi connectivity index (χ4n) is 1.42. The van der Waals surface area contributed by atoms with Gasteiger partial charge in [0.25, 0.3) is 0 Å². The molecule has 0 aromatic rings. The summed E-state index contributed by atoms with van der Waals surface area (Å²) in [4.78, 5) is 0. The molecule has 1 aliphatic carbocycles. The van der Waals surface area contributed by atoms with E-state index in [1.807, 2.05) is 0 Å². The third-order valence-electron chi connectivity index (χ3n) is 2.60. The molecule has 0 saturated heterocycles. The van der Waals surface area contributed by atoms with Gasteiger partial charge in [0.15, 0.2) is 0 Å². The fourth-order valence-corrected chi connectivity index (χ4v) is 2.11. The van der Waals surface area contributed by atoms with Crippen LogP contribution < -0.4 is 29.6 Å². The van der Waals surface area contributed by atoms with Gasteiger partial charge in [-0.15, -0.1) is 0 Å². The molecule has 1 unspecified atom stereocenters. The maximum absolute atomic E-state index is 10.3. The molecule has 1 rings (SSSR count). The summed E-state index contributed by atoms with van der Waals surface area (Å²) in [6, 6.07) is 0. The van der Waals surface area contributed by atoms with Crippen molar-refractivity contribution in [2.24, 2.45) is 11.3 Å². The molecule has 1 aliphatic rings. The van der Waals surface area contributed by atoms with Crippen LogP contribution in [-0.2, 0) is 11.1 Å². The standard InChI is InChI=1S/C8H16O2S.Na/c1-8(2,7-3-4-7)5-6-11(9)10;/h7H,3-6H2,1-2H3,(H,9,10);/q;+1/p-1. The molecule has 12 heavy (non-hydrogen) atoms. The van der Waals surface area contributed by atoms with Crippen molar-refractivity contribution >= 4 is 11.1 Å². The summed E-state index contributed by atoms with van der Waals surface area (Å²) in [7, 11) is 0. The van der Waals surface area contributed by atoms with Gasteiger partial charge in [0.1, 0.15) is 0 Å². The van der Waals surface area contributed by atoms with Crippen LogP contribution in [0.3, 0.4) is 0 Å². The monoisotopic (exact) mass is 198 g/mol. The first-order chi connectivity index (χ1) is 5.02. The van der Waals surface area contributed by atoms with Crippen molar-refractivity contribution in [1.82, 2.24) is 0 Å². The van der Waals surface area contributed by atoms with E-state index < -0.39 is 11.1 Å². The van der Waals surface area contributed by atoms with Gasteiger partial charge in [0.05, 0.1) is 0 Å². The molecule has 1 saturated carbocycles. The van der Waals surface area contributed by atoms with Gasteiger partial charge in [-0.1, -0.05) is 24.9 Å². The molecule has 0 radical (unpaired) electrons. The quantitative estimate of drug-likeness (QED) is 0.416. The van der Waals surface area contributed by atoms with Gasteiger partial charge in [-0.2, -0.15) is 0 Å². The normalized spacial score (nSPS) is 19.9. The Morgan fingerprint density at radius 2 is 2.00 bits per heavy atom. The van der Waals surface area contributed by atoms with Gasteiger partial charge in [-0.05, 0) is 30.6 Å². The summed E-state index contributed by atoms with van der Waals surface area (Å²) >= 11 is -1.85. The van der Waals surface area contributed by atoms with E-state index in [4.69, 9.17) is 0 Å². The molecule has 0 heterocycles. The summed E-state index contributed by atoms with van der Waals surface area (Å²) in [5.41, 5.74) is 0.250. The van der Waals surface area contributed by atoms with E-state index >= 15 is 0 Å². The van der Waals surface area contributed by atoms with Gasteiger partial charge >= 0.3 is 29.6 Å². The first kappa shape index (κ1) is 13.1. The smallest absolute Gasteiger partial charge is 0.772 e. The SMILES string of the molecule is CC(C)(CCS(=O)[O-])C1CC1.[Na+]. The van der Waals surface area contributed by atoms with Crippen LogP contribution in [-0.4, -0.2) is 14.5 Å². The third-order valence-corrected chi connectivity index (χ3v) is 3.13. The Hall–Kier alpha value is 1.11. The van der Waals surface area contributed by atoms with Crippen LogP contribution >= 0.6 is 0 Å². The molecule has 0 spiro atoms. The summed E-state index contributed by atoms with van der Waals surface area (Å²) in [6.07, 6.45) is 3.39. The van der Waals surface area contributed by atoms with Crippen molar-refractivity contribution in [3.8, 4) is 0 Å². The zero-order valence-corrected chi connectivity index (χ0v) is 10.9. The maximum atomic E-state index is 10.3. The number of hydrogen-bond donors (Lipinski definition) is 0. The number of rotatable bonds is 4. The van der Waals surface area contributed by atoms with Crippen molar-refractivity contribution < 1.29 is 38.3 Å².